The van der Waals surface area contributed by atoms with E-state index in [9.17, 15) is 9.59 Å². The predicted octanol–water partition coefficient (Wildman–Crippen LogP) is 4.11. The molecule has 5 heteroatoms. The van der Waals surface area contributed by atoms with Crippen molar-refractivity contribution >= 4 is 22.7 Å². The Morgan fingerprint density at radius 2 is 1.88 bits per heavy atom. The average molecular weight is 325 g/mol. The lowest BCUT2D eigenvalue weighted by Crippen LogP contribution is -2.25. The number of ether oxygens (including phenoxy) is 1. The molecule has 0 bridgehead atoms. The molecule has 0 aliphatic rings. The second kappa shape index (κ2) is 6.00. The van der Waals surface area contributed by atoms with Gasteiger partial charge in [-0.3, -0.25) is 4.79 Å². The van der Waals surface area contributed by atoms with Gasteiger partial charge in [-0.25, -0.2) is 4.79 Å². The molecule has 5 nitrogen and oxygen atoms in total. The molecule has 0 aliphatic heterocycles. The zero-order chi connectivity index (χ0) is 17.4. The molecule has 1 atom stereocenters. The van der Waals surface area contributed by atoms with Gasteiger partial charge in [-0.1, -0.05) is 18.2 Å². The van der Waals surface area contributed by atoms with E-state index in [1.54, 1.807) is 26.8 Å². The summed E-state index contributed by atoms with van der Waals surface area (Å²) in [6.07, 6.45) is -0.884. The van der Waals surface area contributed by atoms with E-state index in [2.05, 4.69) is 4.98 Å². The number of carbonyl (C=O) groups excluding carboxylic acids is 2. The highest BCUT2D eigenvalue weighted by molar-refractivity contribution is 6.11. The number of Topliss-reactive ketones (excluding diaryl/α,β-unsaturated/α-hetero) is 1. The number of nitrogens with one attached hydrogen (secondary N) is 1. The van der Waals surface area contributed by atoms with Crippen molar-refractivity contribution in [2.75, 3.05) is 0 Å². The zero-order valence-electron chi connectivity index (χ0n) is 14.1. The van der Waals surface area contributed by atoms with Gasteiger partial charge in [-0.15, -0.1) is 0 Å². The van der Waals surface area contributed by atoms with Gasteiger partial charge >= 0.3 is 5.97 Å². The number of ketones is 1. The van der Waals surface area contributed by atoms with E-state index in [4.69, 9.17) is 9.15 Å². The van der Waals surface area contributed by atoms with Crippen LogP contribution in [0.5, 0.6) is 0 Å². The lowest BCUT2D eigenvalue weighted by atomic mass is 10.0. The topological polar surface area (TPSA) is 72.3 Å². The first kappa shape index (κ1) is 16.1. The quantitative estimate of drug-likeness (QED) is 0.578. The molecule has 1 N–H and O–H groups in total. The van der Waals surface area contributed by atoms with E-state index in [-0.39, 0.29) is 5.78 Å². The number of furan rings is 1. The maximum atomic E-state index is 12.8. The molecule has 1 unspecified atom stereocenters. The molecule has 2 heterocycles. The van der Waals surface area contributed by atoms with Crippen molar-refractivity contribution in [3.05, 3.63) is 58.7 Å². The largest absolute Gasteiger partial charge is 0.466 e. The number of carbonyl (C=O) groups is 2. The van der Waals surface area contributed by atoms with Crippen LogP contribution in [0.3, 0.4) is 0 Å². The van der Waals surface area contributed by atoms with Gasteiger partial charge < -0.3 is 14.1 Å². The van der Waals surface area contributed by atoms with Crippen LogP contribution in [0.25, 0.3) is 10.9 Å². The molecule has 0 amide bonds. The van der Waals surface area contributed by atoms with Crippen LogP contribution in [0, 0.1) is 20.8 Å². The Hall–Kier alpha value is -2.82. The number of hydrogen-bond donors (Lipinski definition) is 1. The summed E-state index contributed by atoms with van der Waals surface area (Å²) in [6.45, 7) is 6.88. The first-order chi connectivity index (χ1) is 11.4. The van der Waals surface area contributed by atoms with Gasteiger partial charge in [0.15, 0.2) is 6.10 Å². The molecular formula is C19H19NO4. The highest BCUT2D eigenvalue weighted by atomic mass is 16.5. The highest BCUT2D eigenvalue weighted by Crippen LogP contribution is 2.24. The Balaban J connectivity index is 1.85. The number of aromatic nitrogens is 1. The van der Waals surface area contributed by atoms with Crippen molar-refractivity contribution < 1.29 is 18.7 Å². The molecule has 24 heavy (non-hydrogen) atoms. The first-order valence-electron chi connectivity index (χ1n) is 7.78. The molecule has 0 fully saturated rings. The fourth-order valence-electron chi connectivity index (χ4n) is 2.91. The Labute approximate surface area is 139 Å². The standard InChI is InChI=1S/C19H19NO4/c1-10-9-15(12(3)23-10)19(22)24-13(4)18(21)17-11(2)20-16-8-6-5-7-14(16)17/h5-9,13,20H,1-4H3. The minimum Gasteiger partial charge on any atom is -0.466 e. The molecule has 0 radical (unpaired) electrons. The summed E-state index contributed by atoms with van der Waals surface area (Å²) in [4.78, 5) is 28.2. The smallest absolute Gasteiger partial charge is 0.342 e. The number of H-pyrrole nitrogens is 1. The van der Waals surface area contributed by atoms with Crippen LogP contribution in [0.4, 0.5) is 0 Å². The van der Waals surface area contributed by atoms with Gasteiger partial charge in [-0.2, -0.15) is 0 Å². The normalized spacial score (nSPS) is 12.3. The summed E-state index contributed by atoms with van der Waals surface area (Å²) in [5, 5.41) is 0.832. The maximum absolute atomic E-state index is 12.8. The Bertz CT molecular complexity index is 932. The highest BCUT2D eigenvalue weighted by Gasteiger charge is 2.26. The number of benzene rings is 1. The van der Waals surface area contributed by atoms with Crippen molar-refractivity contribution in [1.29, 1.82) is 0 Å². The lowest BCUT2D eigenvalue weighted by Gasteiger charge is -2.12. The summed E-state index contributed by atoms with van der Waals surface area (Å²) in [7, 11) is 0. The summed E-state index contributed by atoms with van der Waals surface area (Å²) in [5.41, 5.74) is 2.56. The third-order valence-electron chi connectivity index (χ3n) is 4.05. The number of esters is 1. The third kappa shape index (κ3) is 2.73. The second-order valence-electron chi connectivity index (χ2n) is 5.91. The van der Waals surface area contributed by atoms with Gasteiger partial charge in [0.25, 0.3) is 0 Å². The van der Waals surface area contributed by atoms with Crippen molar-refractivity contribution in [2.24, 2.45) is 0 Å². The van der Waals surface area contributed by atoms with Crippen LogP contribution in [0.1, 0.15) is 44.9 Å². The fourth-order valence-corrected chi connectivity index (χ4v) is 2.91. The number of fused-ring (bicyclic) bond motifs is 1. The van der Waals surface area contributed by atoms with Gasteiger partial charge in [0.1, 0.15) is 17.1 Å². The number of aryl methyl sites for hydroxylation is 3. The van der Waals surface area contributed by atoms with Crippen molar-refractivity contribution in [2.45, 2.75) is 33.8 Å². The zero-order valence-corrected chi connectivity index (χ0v) is 14.1. The van der Waals surface area contributed by atoms with E-state index >= 15 is 0 Å². The molecular weight excluding hydrogens is 306 g/mol. The molecule has 1 aromatic carbocycles. The van der Waals surface area contributed by atoms with E-state index < -0.39 is 12.1 Å². The molecule has 2 aromatic heterocycles. The Morgan fingerprint density at radius 1 is 1.17 bits per heavy atom. The number of rotatable bonds is 4. The molecule has 0 spiro atoms. The number of para-hydroxylation sites is 1. The van der Waals surface area contributed by atoms with E-state index in [1.165, 1.54) is 0 Å². The van der Waals surface area contributed by atoms with E-state index in [0.717, 1.165) is 16.6 Å². The predicted molar refractivity (Wildman–Crippen MR) is 90.4 cm³/mol. The molecule has 3 rings (SSSR count). The molecule has 0 saturated carbocycles. The fraction of sp³-hybridized carbons (Fsp3) is 0.263. The van der Waals surface area contributed by atoms with Gasteiger partial charge in [-0.05, 0) is 39.8 Å². The first-order valence-corrected chi connectivity index (χ1v) is 7.78. The summed E-state index contributed by atoms with van der Waals surface area (Å²) in [5.74, 6) is 0.338. The monoisotopic (exact) mass is 325 g/mol. The van der Waals surface area contributed by atoms with Crippen LogP contribution in [-0.4, -0.2) is 22.8 Å². The van der Waals surface area contributed by atoms with Gasteiger partial charge in [0.2, 0.25) is 5.78 Å². The van der Waals surface area contributed by atoms with E-state index in [1.807, 2.05) is 31.2 Å². The minimum atomic E-state index is -0.884. The molecule has 0 saturated heterocycles. The van der Waals surface area contributed by atoms with Crippen LogP contribution in [0.15, 0.2) is 34.7 Å². The van der Waals surface area contributed by atoms with Crippen LogP contribution in [0.2, 0.25) is 0 Å². The maximum Gasteiger partial charge on any atom is 0.342 e. The second-order valence-corrected chi connectivity index (χ2v) is 5.91. The van der Waals surface area contributed by atoms with Gasteiger partial charge in [0, 0.05) is 22.2 Å². The summed E-state index contributed by atoms with van der Waals surface area (Å²) in [6, 6.07) is 9.18. The SMILES string of the molecule is Cc1cc(C(=O)OC(C)C(=O)c2c(C)[nH]c3ccccc23)c(C)o1. The van der Waals surface area contributed by atoms with E-state index in [0.29, 0.717) is 22.6 Å². The van der Waals surface area contributed by atoms with Crippen LogP contribution in [-0.2, 0) is 4.74 Å². The average Bonchev–Trinajstić information content (AvgIpc) is 3.04. The van der Waals surface area contributed by atoms with Crippen molar-refractivity contribution in [1.82, 2.24) is 4.98 Å². The third-order valence-corrected chi connectivity index (χ3v) is 4.05. The molecule has 0 aliphatic carbocycles. The summed E-state index contributed by atoms with van der Waals surface area (Å²) < 4.78 is 10.7. The lowest BCUT2D eigenvalue weighted by molar-refractivity contribution is 0.0317. The van der Waals surface area contributed by atoms with Crippen LogP contribution >= 0.6 is 0 Å². The van der Waals surface area contributed by atoms with Crippen molar-refractivity contribution in [3.8, 4) is 0 Å². The van der Waals surface area contributed by atoms with Crippen molar-refractivity contribution in [3.63, 3.8) is 0 Å². The Kier molecular flexibility index (Phi) is 4.01. The van der Waals surface area contributed by atoms with Crippen LogP contribution < -0.4 is 0 Å². The molecule has 124 valence electrons. The number of aromatic amines is 1. The Morgan fingerprint density at radius 3 is 2.54 bits per heavy atom. The summed E-state index contributed by atoms with van der Waals surface area (Å²) >= 11 is 0. The minimum absolute atomic E-state index is 0.226. The molecule has 3 aromatic rings. The number of hydrogen-bond acceptors (Lipinski definition) is 4. The van der Waals surface area contributed by atoms with Gasteiger partial charge in [0.05, 0.1) is 0 Å².